The quantitative estimate of drug-likeness (QED) is 0.809. The molecule has 0 aromatic carbocycles. The van der Waals surface area contributed by atoms with Crippen molar-refractivity contribution in [3.8, 4) is 0 Å². The van der Waals surface area contributed by atoms with Gasteiger partial charge >= 0.3 is 5.97 Å². The zero-order valence-corrected chi connectivity index (χ0v) is 13.3. The largest absolute Gasteiger partial charge is 0.481 e. The van der Waals surface area contributed by atoms with Gasteiger partial charge < -0.3 is 5.11 Å². The normalized spacial score (nSPS) is 12.1. The van der Waals surface area contributed by atoms with Crippen molar-refractivity contribution in [3.63, 3.8) is 0 Å². The third-order valence-electron chi connectivity index (χ3n) is 3.10. The Morgan fingerprint density at radius 2 is 2.00 bits per heavy atom. The molecule has 0 aliphatic heterocycles. The van der Waals surface area contributed by atoms with Gasteiger partial charge in [-0.05, 0) is 18.9 Å². The number of thioether (sulfide) groups is 1. The lowest BCUT2D eigenvalue weighted by atomic mass is 9.93. The van der Waals surface area contributed by atoms with Gasteiger partial charge in [-0.2, -0.15) is 5.10 Å². The van der Waals surface area contributed by atoms with Crippen LogP contribution in [0.4, 0.5) is 0 Å². The molecule has 1 rings (SSSR count). The highest BCUT2D eigenvalue weighted by Crippen LogP contribution is 2.30. The first-order valence-corrected chi connectivity index (χ1v) is 7.72. The van der Waals surface area contributed by atoms with E-state index in [1.54, 1.807) is 0 Å². The molecule has 0 radical (unpaired) electrons. The molecule has 0 saturated carbocycles. The van der Waals surface area contributed by atoms with E-state index in [9.17, 15) is 4.79 Å². The van der Waals surface area contributed by atoms with Crippen molar-refractivity contribution in [3.05, 3.63) is 11.8 Å². The summed E-state index contributed by atoms with van der Waals surface area (Å²) >= 11 is 1.35. The number of hydrogen-bond acceptors (Lipinski definition) is 3. The number of carbonyl (C=O) groups is 1. The predicted octanol–water partition coefficient (Wildman–Crippen LogP) is 3.72. The van der Waals surface area contributed by atoms with E-state index in [1.807, 2.05) is 10.7 Å². The molecule has 4 nitrogen and oxygen atoms in total. The lowest BCUT2D eigenvalue weighted by molar-refractivity contribution is -0.133. The van der Waals surface area contributed by atoms with Gasteiger partial charge in [-0.25, -0.2) is 0 Å². The third kappa shape index (κ3) is 4.27. The van der Waals surface area contributed by atoms with E-state index in [0.29, 0.717) is 6.04 Å². The summed E-state index contributed by atoms with van der Waals surface area (Å²) in [6.07, 6.45) is 2.00. The van der Waals surface area contributed by atoms with Gasteiger partial charge in [-0.15, -0.1) is 0 Å². The Balaban J connectivity index is 3.10. The molecule has 0 spiro atoms. The number of nitrogens with zero attached hydrogens (tertiary/aromatic N) is 2. The van der Waals surface area contributed by atoms with E-state index in [0.717, 1.165) is 23.6 Å². The van der Waals surface area contributed by atoms with Gasteiger partial charge in [-0.1, -0.05) is 46.4 Å². The summed E-state index contributed by atoms with van der Waals surface area (Å²) in [6, 6.07) is 2.37. The predicted molar refractivity (Wildman–Crippen MR) is 78.9 cm³/mol. The van der Waals surface area contributed by atoms with Gasteiger partial charge in [0.1, 0.15) is 0 Å². The Hall–Kier alpha value is -0.970. The van der Waals surface area contributed by atoms with E-state index < -0.39 is 5.97 Å². The maximum atomic E-state index is 10.7. The zero-order valence-electron chi connectivity index (χ0n) is 12.4. The maximum Gasteiger partial charge on any atom is 0.313 e. The maximum absolute atomic E-state index is 10.7. The number of carboxylic acid groups (broad SMARTS) is 1. The molecule has 0 atom stereocenters. The van der Waals surface area contributed by atoms with Crippen LogP contribution < -0.4 is 0 Å². The fraction of sp³-hybridized carbons (Fsp3) is 0.714. The van der Waals surface area contributed by atoms with Gasteiger partial charge in [-0.3, -0.25) is 9.48 Å². The van der Waals surface area contributed by atoms with Gasteiger partial charge in [0.15, 0.2) is 0 Å². The zero-order chi connectivity index (χ0) is 14.6. The minimum absolute atomic E-state index is 0.0180. The molecular weight excluding hydrogens is 260 g/mol. The van der Waals surface area contributed by atoms with Crippen LogP contribution in [0.15, 0.2) is 11.1 Å². The lowest BCUT2D eigenvalue weighted by Gasteiger charge is -2.17. The molecule has 0 aliphatic rings. The summed E-state index contributed by atoms with van der Waals surface area (Å²) < 4.78 is 2.01. The number of aromatic nitrogens is 2. The van der Waals surface area contributed by atoms with Crippen LogP contribution in [0.25, 0.3) is 0 Å². The molecule has 19 heavy (non-hydrogen) atoms. The van der Waals surface area contributed by atoms with E-state index in [1.165, 1.54) is 11.8 Å². The van der Waals surface area contributed by atoms with Crippen molar-refractivity contribution in [2.75, 3.05) is 5.75 Å². The summed E-state index contributed by atoms with van der Waals surface area (Å²) in [5, 5.41) is 14.5. The number of aliphatic carboxylic acids is 1. The summed E-state index contributed by atoms with van der Waals surface area (Å²) in [5.41, 5.74) is 1.00. The van der Waals surface area contributed by atoms with Crippen LogP contribution in [0, 0.1) is 0 Å². The SMILES string of the molecule is CCC(CC)n1nc(C(C)(C)C)cc1SCC(=O)O. The van der Waals surface area contributed by atoms with Gasteiger partial charge in [0.25, 0.3) is 0 Å². The fourth-order valence-corrected chi connectivity index (χ4v) is 2.67. The molecule has 0 bridgehead atoms. The first-order chi connectivity index (χ1) is 8.79. The van der Waals surface area contributed by atoms with Crippen LogP contribution in [-0.4, -0.2) is 26.6 Å². The monoisotopic (exact) mass is 284 g/mol. The van der Waals surface area contributed by atoms with E-state index in [-0.39, 0.29) is 11.2 Å². The molecule has 1 heterocycles. The summed E-state index contributed by atoms with van der Waals surface area (Å²) in [4.78, 5) is 10.7. The van der Waals surface area contributed by atoms with Crippen LogP contribution in [-0.2, 0) is 10.2 Å². The van der Waals surface area contributed by atoms with Crippen molar-refractivity contribution in [1.29, 1.82) is 0 Å². The topological polar surface area (TPSA) is 55.1 Å². The van der Waals surface area contributed by atoms with Crippen molar-refractivity contribution < 1.29 is 9.90 Å². The van der Waals surface area contributed by atoms with Gasteiger partial charge in [0, 0.05) is 5.41 Å². The highest BCUT2D eigenvalue weighted by molar-refractivity contribution is 7.99. The average molecular weight is 284 g/mol. The number of rotatable bonds is 6. The van der Waals surface area contributed by atoms with Crippen molar-refractivity contribution in [2.24, 2.45) is 0 Å². The van der Waals surface area contributed by atoms with Crippen LogP contribution in [0.3, 0.4) is 0 Å². The second kappa shape index (κ2) is 6.46. The van der Waals surface area contributed by atoms with Crippen LogP contribution in [0.5, 0.6) is 0 Å². The first-order valence-electron chi connectivity index (χ1n) is 6.74. The minimum Gasteiger partial charge on any atom is -0.481 e. The molecule has 0 saturated heterocycles. The molecule has 1 aromatic rings. The molecule has 0 fully saturated rings. The Bertz CT molecular complexity index is 431. The second-order valence-corrected chi connectivity index (χ2v) is 6.71. The Kier molecular flexibility index (Phi) is 5.47. The van der Waals surface area contributed by atoms with Crippen LogP contribution >= 0.6 is 11.8 Å². The first kappa shape index (κ1) is 16.1. The molecule has 1 aromatic heterocycles. The lowest BCUT2D eigenvalue weighted by Crippen LogP contribution is -2.15. The van der Waals surface area contributed by atoms with Crippen molar-refractivity contribution >= 4 is 17.7 Å². The minimum atomic E-state index is -0.792. The Morgan fingerprint density at radius 3 is 2.42 bits per heavy atom. The molecule has 0 unspecified atom stereocenters. The molecule has 0 aliphatic carbocycles. The summed E-state index contributed by atoms with van der Waals surface area (Å²) in [7, 11) is 0. The highest BCUT2D eigenvalue weighted by atomic mass is 32.2. The summed E-state index contributed by atoms with van der Waals surface area (Å²) in [6.45, 7) is 10.6. The second-order valence-electron chi connectivity index (χ2n) is 5.72. The molecule has 1 N–H and O–H groups in total. The number of carboxylic acids is 1. The van der Waals surface area contributed by atoms with E-state index >= 15 is 0 Å². The molecule has 5 heteroatoms. The smallest absolute Gasteiger partial charge is 0.313 e. The number of hydrogen-bond donors (Lipinski definition) is 1. The van der Waals surface area contributed by atoms with Crippen LogP contribution in [0.1, 0.15) is 59.2 Å². The molecule has 0 amide bonds. The van der Waals surface area contributed by atoms with Crippen molar-refractivity contribution in [1.82, 2.24) is 9.78 Å². The third-order valence-corrected chi connectivity index (χ3v) is 4.09. The van der Waals surface area contributed by atoms with Crippen LogP contribution in [0.2, 0.25) is 0 Å². The Labute approximate surface area is 119 Å². The van der Waals surface area contributed by atoms with Gasteiger partial charge in [0.05, 0.1) is 22.5 Å². The van der Waals surface area contributed by atoms with E-state index in [2.05, 4.69) is 34.6 Å². The van der Waals surface area contributed by atoms with Crippen molar-refractivity contribution in [2.45, 2.75) is 63.9 Å². The molecular formula is C14H24N2O2S. The highest BCUT2D eigenvalue weighted by Gasteiger charge is 2.22. The summed E-state index contributed by atoms with van der Waals surface area (Å²) in [5.74, 6) is -0.713. The van der Waals surface area contributed by atoms with Gasteiger partial charge in [0.2, 0.25) is 0 Å². The standard InChI is InChI=1S/C14H24N2O2S/c1-6-10(7-2)16-12(19-9-13(17)18)8-11(15-16)14(3,4)5/h8,10H,6-7,9H2,1-5H3,(H,17,18). The molecule has 108 valence electrons. The Morgan fingerprint density at radius 1 is 1.42 bits per heavy atom. The average Bonchev–Trinajstić information content (AvgIpc) is 2.72. The van der Waals surface area contributed by atoms with E-state index in [4.69, 9.17) is 10.2 Å². The fourth-order valence-electron chi connectivity index (χ4n) is 1.88.